The molecule has 0 aromatic carbocycles. The molecule has 0 amide bonds. The zero-order chi connectivity index (χ0) is 9.72. The van der Waals surface area contributed by atoms with Crippen LogP contribution in [0.5, 0.6) is 0 Å². The van der Waals surface area contributed by atoms with E-state index in [1.807, 2.05) is 0 Å². The van der Waals surface area contributed by atoms with Gasteiger partial charge in [0.25, 0.3) is 5.78 Å². The second-order valence-electron chi connectivity index (χ2n) is 2.03. The molecule has 1 atom stereocenters. The molecule has 0 saturated heterocycles. The van der Waals surface area contributed by atoms with Crippen molar-refractivity contribution in [1.82, 2.24) is 0 Å². The van der Waals surface area contributed by atoms with E-state index in [0.717, 1.165) is 0 Å². The van der Waals surface area contributed by atoms with Crippen molar-refractivity contribution in [2.45, 2.75) is 13.3 Å². The van der Waals surface area contributed by atoms with Crippen LogP contribution in [0.15, 0.2) is 0 Å². The SMILES string of the molecule is CCC(C(=O)OBr)C(=O)C(=O)O. The Morgan fingerprint density at radius 2 is 2.00 bits per heavy atom. The Morgan fingerprint density at radius 3 is 2.25 bits per heavy atom. The van der Waals surface area contributed by atoms with Gasteiger partial charge in [0.05, 0.1) is 0 Å². The number of aliphatic carboxylic acids is 1. The Kier molecular flexibility index (Phi) is 4.50. The second-order valence-corrected chi connectivity index (χ2v) is 2.35. The molecule has 12 heavy (non-hydrogen) atoms. The third-order valence-electron chi connectivity index (χ3n) is 1.30. The maximum absolute atomic E-state index is 10.8. The Bertz CT molecular complexity index is 212. The van der Waals surface area contributed by atoms with Crippen molar-refractivity contribution in [1.29, 1.82) is 0 Å². The molecule has 0 aromatic rings. The molecule has 0 fully saturated rings. The minimum absolute atomic E-state index is 0.107. The number of carbonyl (C=O) groups excluding carboxylic acids is 2. The van der Waals surface area contributed by atoms with Gasteiger partial charge in [-0.15, -0.1) is 0 Å². The van der Waals surface area contributed by atoms with E-state index in [-0.39, 0.29) is 6.42 Å². The van der Waals surface area contributed by atoms with Crippen molar-refractivity contribution in [2.24, 2.45) is 5.92 Å². The van der Waals surface area contributed by atoms with Crippen LogP contribution < -0.4 is 0 Å². The fraction of sp³-hybridized carbons (Fsp3) is 0.500. The first kappa shape index (κ1) is 11.1. The molecule has 0 aliphatic carbocycles. The molecular formula is C6H7BrO5. The quantitative estimate of drug-likeness (QED) is 0.571. The van der Waals surface area contributed by atoms with Gasteiger partial charge in [-0.3, -0.25) is 9.59 Å². The average Bonchev–Trinajstić information content (AvgIpc) is 2.05. The maximum Gasteiger partial charge on any atom is 0.373 e. The number of Topliss-reactive ketones (excluding diaryl/α,β-unsaturated/α-hetero) is 1. The van der Waals surface area contributed by atoms with Crippen molar-refractivity contribution in [3.8, 4) is 0 Å². The summed E-state index contributed by atoms with van der Waals surface area (Å²) in [6.07, 6.45) is 0.107. The van der Waals surface area contributed by atoms with Crippen molar-refractivity contribution < 1.29 is 23.3 Å². The van der Waals surface area contributed by atoms with Crippen LogP contribution >= 0.6 is 16.3 Å². The topological polar surface area (TPSA) is 80.7 Å². The summed E-state index contributed by atoms with van der Waals surface area (Å²) in [6, 6.07) is 0. The molecule has 0 rings (SSSR count). The Morgan fingerprint density at radius 1 is 1.50 bits per heavy atom. The largest absolute Gasteiger partial charge is 0.475 e. The van der Waals surface area contributed by atoms with Gasteiger partial charge in [-0.1, -0.05) is 6.92 Å². The summed E-state index contributed by atoms with van der Waals surface area (Å²) in [4.78, 5) is 31.6. The lowest BCUT2D eigenvalue weighted by Crippen LogP contribution is -2.29. The molecule has 0 spiro atoms. The van der Waals surface area contributed by atoms with Crippen LogP contribution in [-0.2, 0) is 18.2 Å². The number of halogens is 1. The molecule has 0 saturated carbocycles. The van der Waals surface area contributed by atoms with Gasteiger partial charge in [0.2, 0.25) is 0 Å². The van der Waals surface area contributed by atoms with Gasteiger partial charge in [0, 0.05) is 0 Å². The maximum atomic E-state index is 10.8. The summed E-state index contributed by atoms with van der Waals surface area (Å²) >= 11 is 2.38. The molecule has 0 aliphatic rings. The van der Waals surface area contributed by atoms with Crippen molar-refractivity contribution in [2.75, 3.05) is 0 Å². The highest BCUT2D eigenvalue weighted by Gasteiger charge is 2.30. The average molecular weight is 239 g/mol. The van der Waals surface area contributed by atoms with E-state index in [4.69, 9.17) is 5.11 Å². The van der Waals surface area contributed by atoms with Gasteiger partial charge in [-0.05, 0) is 6.42 Å². The Balaban J connectivity index is 4.45. The van der Waals surface area contributed by atoms with Crippen LogP contribution in [0.25, 0.3) is 0 Å². The fourth-order valence-corrected chi connectivity index (χ4v) is 0.888. The number of carbonyl (C=O) groups is 3. The predicted octanol–water partition coefficient (Wildman–Crippen LogP) is 0.519. The first-order valence-electron chi connectivity index (χ1n) is 3.14. The Labute approximate surface area is 77.1 Å². The van der Waals surface area contributed by atoms with E-state index in [1.54, 1.807) is 0 Å². The molecular weight excluding hydrogens is 232 g/mol. The van der Waals surface area contributed by atoms with Crippen molar-refractivity contribution in [3.63, 3.8) is 0 Å². The first-order chi connectivity index (χ1) is 5.54. The van der Waals surface area contributed by atoms with Gasteiger partial charge in [0.15, 0.2) is 16.3 Å². The number of carboxylic acid groups (broad SMARTS) is 1. The summed E-state index contributed by atoms with van der Waals surface area (Å²) in [7, 11) is 0. The smallest absolute Gasteiger partial charge is 0.373 e. The van der Waals surface area contributed by atoms with Gasteiger partial charge in [-0.2, -0.15) is 0 Å². The molecule has 5 nitrogen and oxygen atoms in total. The van der Waals surface area contributed by atoms with Crippen LogP contribution in [0.4, 0.5) is 0 Å². The van der Waals surface area contributed by atoms with E-state index in [9.17, 15) is 14.4 Å². The lowest BCUT2D eigenvalue weighted by molar-refractivity contribution is -0.155. The molecule has 68 valence electrons. The summed E-state index contributed by atoms with van der Waals surface area (Å²) in [5.74, 6) is -4.88. The fourth-order valence-electron chi connectivity index (χ4n) is 0.662. The minimum atomic E-state index is -1.63. The number of hydrogen-bond acceptors (Lipinski definition) is 4. The van der Waals surface area contributed by atoms with E-state index in [0.29, 0.717) is 0 Å². The monoisotopic (exact) mass is 238 g/mol. The lowest BCUT2D eigenvalue weighted by atomic mass is 10.0. The molecule has 0 bridgehead atoms. The van der Waals surface area contributed by atoms with Crippen LogP contribution in [0, 0.1) is 5.92 Å². The minimum Gasteiger partial charge on any atom is -0.475 e. The highest BCUT2D eigenvalue weighted by molar-refractivity contribution is 9.06. The number of hydrogen-bond donors (Lipinski definition) is 1. The highest BCUT2D eigenvalue weighted by atomic mass is 79.9. The van der Waals surface area contributed by atoms with Gasteiger partial charge in [-0.25, -0.2) is 4.79 Å². The predicted molar refractivity (Wildman–Crippen MR) is 41.4 cm³/mol. The first-order valence-corrected chi connectivity index (χ1v) is 3.78. The molecule has 1 N–H and O–H groups in total. The molecule has 1 unspecified atom stereocenters. The summed E-state index contributed by atoms with van der Waals surface area (Å²) in [5, 5.41) is 8.26. The lowest BCUT2D eigenvalue weighted by Gasteiger charge is -2.05. The molecule has 0 heterocycles. The zero-order valence-electron chi connectivity index (χ0n) is 6.24. The van der Waals surface area contributed by atoms with Crippen LogP contribution in [0.1, 0.15) is 13.3 Å². The van der Waals surface area contributed by atoms with Crippen LogP contribution in [0.3, 0.4) is 0 Å². The van der Waals surface area contributed by atoms with Gasteiger partial charge < -0.3 is 8.93 Å². The van der Waals surface area contributed by atoms with Gasteiger partial charge >= 0.3 is 11.9 Å². The van der Waals surface area contributed by atoms with Crippen molar-refractivity contribution >= 4 is 34.0 Å². The molecule has 0 aromatic heterocycles. The van der Waals surface area contributed by atoms with Gasteiger partial charge in [0.1, 0.15) is 5.92 Å². The van der Waals surface area contributed by atoms with E-state index in [2.05, 4.69) is 20.1 Å². The summed E-state index contributed by atoms with van der Waals surface area (Å²) in [6.45, 7) is 1.52. The standard InChI is InChI=1S/C6H7BrO5/c1-2-3(6(11)12-7)4(8)5(9)10/h3H,2H2,1H3,(H,9,10). The number of ketones is 1. The van der Waals surface area contributed by atoms with Crippen LogP contribution in [-0.4, -0.2) is 22.8 Å². The zero-order valence-corrected chi connectivity index (χ0v) is 7.83. The van der Waals surface area contributed by atoms with Crippen molar-refractivity contribution in [3.05, 3.63) is 0 Å². The normalized spacial score (nSPS) is 11.8. The van der Waals surface area contributed by atoms with E-state index < -0.39 is 23.6 Å². The third kappa shape index (κ3) is 2.61. The third-order valence-corrected chi connectivity index (χ3v) is 1.62. The summed E-state index contributed by atoms with van der Waals surface area (Å²) < 4.78 is 4.06. The summed E-state index contributed by atoms with van der Waals surface area (Å²) in [5.41, 5.74) is 0. The number of rotatable bonds is 4. The molecule has 0 radical (unpaired) electrons. The number of carboxylic acids is 1. The second kappa shape index (κ2) is 4.87. The van der Waals surface area contributed by atoms with E-state index in [1.165, 1.54) is 6.92 Å². The molecule has 0 aliphatic heterocycles. The Hall–Kier alpha value is -0.910. The van der Waals surface area contributed by atoms with Crippen LogP contribution in [0.2, 0.25) is 0 Å². The molecule has 6 heteroatoms. The van der Waals surface area contributed by atoms with E-state index >= 15 is 0 Å². The highest BCUT2D eigenvalue weighted by Crippen LogP contribution is 2.08.